The molecule has 112 valence electrons. The first-order valence-electron chi connectivity index (χ1n) is 6.93. The molecule has 10 atom stereocenters. The summed E-state index contributed by atoms with van der Waals surface area (Å²) in [5.74, 6) is 0. The molecule has 0 saturated carbocycles. The fraction of sp³-hybridized carbons (Fsp3) is 1.00. The van der Waals surface area contributed by atoms with Crippen LogP contribution in [0.1, 0.15) is 0 Å². The van der Waals surface area contributed by atoms with Crippen molar-refractivity contribution in [2.75, 3.05) is 13.2 Å². The standard InChI is InChI=1S/2C6H8O4/c2*7-3-5-4(10-5)2-1-8-6(3)9-2/h2*2-7H,1H2/t2*2-,3-,4+,5-,6-/m11/s1. The van der Waals surface area contributed by atoms with Gasteiger partial charge in [-0.2, -0.15) is 0 Å². The van der Waals surface area contributed by atoms with E-state index in [1.165, 1.54) is 0 Å². The van der Waals surface area contributed by atoms with E-state index in [4.69, 9.17) is 28.4 Å². The normalized spacial score (nSPS) is 63.9. The summed E-state index contributed by atoms with van der Waals surface area (Å²) in [4.78, 5) is 0. The van der Waals surface area contributed by atoms with Gasteiger partial charge in [0.15, 0.2) is 12.6 Å². The topological polar surface area (TPSA) is 102 Å². The molecular formula is C12H16O8. The summed E-state index contributed by atoms with van der Waals surface area (Å²) in [5, 5.41) is 18.7. The lowest BCUT2D eigenvalue weighted by atomic mass is 10.1. The lowest BCUT2D eigenvalue weighted by Crippen LogP contribution is -2.39. The summed E-state index contributed by atoms with van der Waals surface area (Å²) in [5.41, 5.74) is 0. The van der Waals surface area contributed by atoms with Gasteiger partial charge in [0.05, 0.1) is 13.2 Å². The lowest BCUT2D eigenvalue weighted by molar-refractivity contribution is -0.143. The van der Waals surface area contributed by atoms with E-state index in [9.17, 15) is 10.2 Å². The highest BCUT2D eigenvalue weighted by molar-refractivity contribution is 5.04. The Bertz CT molecular complexity index is 376. The average molecular weight is 288 g/mol. The minimum absolute atomic E-state index is 0.00810. The van der Waals surface area contributed by atoms with E-state index in [-0.39, 0.29) is 36.6 Å². The highest BCUT2D eigenvalue weighted by Crippen LogP contribution is 2.42. The maximum atomic E-state index is 9.33. The monoisotopic (exact) mass is 288 g/mol. The van der Waals surface area contributed by atoms with Gasteiger partial charge in [-0.25, -0.2) is 0 Å². The highest BCUT2D eigenvalue weighted by Gasteiger charge is 2.61. The van der Waals surface area contributed by atoms with Gasteiger partial charge >= 0.3 is 0 Å². The number of hydrogen-bond acceptors (Lipinski definition) is 8. The van der Waals surface area contributed by atoms with Gasteiger partial charge in [-0.05, 0) is 0 Å². The van der Waals surface area contributed by atoms with Gasteiger partial charge < -0.3 is 38.6 Å². The van der Waals surface area contributed by atoms with Gasteiger partial charge in [0.1, 0.15) is 48.8 Å². The molecule has 0 aliphatic carbocycles. The fourth-order valence-corrected chi connectivity index (χ4v) is 3.31. The van der Waals surface area contributed by atoms with Gasteiger partial charge in [-0.15, -0.1) is 0 Å². The molecule has 6 aliphatic heterocycles. The molecule has 2 N–H and O–H groups in total. The Morgan fingerprint density at radius 3 is 1.50 bits per heavy atom. The molecule has 0 radical (unpaired) electrons. The second-order valence-electron chi connectivity index (χ2n) is 5.86. The Balaban J connectivity index is 0.0000000960. The predicted molar refractivity (Wildman–Crippen MR) is 58.6 cm³/mol. The van der Waals surface area contributed by atoms with Crippen LogP contribution in [-0.4, -0.2) is 84.8 Å². The second kappa shape index (κ2) is 4.11. The van der Waals surface area contributed by atoms with Crippen molar-refractivity contribution in [3.05, 3.63) is 0 Å². The Kier molecular flexibility index (Phi) is 2.52. The molecule has 0 unspecified atom stereocenters. The summed E-state index contributed by atoms with van der Waals surface area (Å²) in [6, 6.07) is 0. The largest absolute Gasteiger partial charge is 0.385 e. The van der Waals surface area contributed by atoms with Gasteiger partial charge in [-0.3, -0.25) is 0 Å². The van der Waals surface area contributed by atoms with Crippen molar-refractivity contribution in [3.63, 3.8) is 0 Å². The molecule has 8 heteroatoms. The molecule has 0 amide bonds. The van der Waals surface area contributed by atoms with Gasteiger partial charge in [0.2, 0.25) is 0 Å². The van der Waals surface area contributed by atoms with Crippen LogP contribution in [0, 0.1) is 0 Å². The van der Waals surface area contributed by atoms with Crippen LogP contribution < -0.4 is 0 Å². The molecule has 6 rings (SSSR count). The van der Waals surface area contributed by atoms with E-state index in [1.807, 2.05) is 0 Å². The Morgan fingerprint density at radius 2 is 1.05 bits per heavy atom. The molecule has 0 spiro atoms. The first-order chi connectivity index (χ1) is 9.72. The molecule has 8 nitrogen and oxygen atoms in total. The predicted octanol–water partition coefficient (Wildman–Crippen LogP) is -2.26. The first kappa shape index (κ1) is 12.2. The summed E-state index contributed by atoms with van der Waals surface area (Å²) < 4.78 is 31.1. The van der Waals surface area contributed by atoms with E-state index in [2.05, 4.69) is 0 Å². The van der Waals surface area contributed by atoms with Crippen LogP contribution in [0.2, 0.25) is 0 Å². The van der Waals surface area contributed by atoms with Crippen LogP contribution in [0.25, 0.3) is 0 Å². The Labute approximate surface area is 114 Å². The minimum Gasteiger partial charge on any atom is -0.385 e. The maximum absolute atomic E-state index is 9.33. The van der Waals surface area contributed by atoms with E-state index >= 15 is 0 Å². The van der Waals surface area contributed by atoms with E-state index in [1.54, 1.807) is 0 Å². The number of aliphatic hydroxyl groups is 2. The molecule has 6 saturated heterocycles. The number of aliphatic hydroxyl groups excluding tert-OH is 2. The van der Waals surface area contributed by atoms with Crippen LogP contribution in [-0.2, 0) is 28.4 Å². The molecule has 20 heavy (non-hydrogen) atoms. The number of hydrogen-bond donors (Lipinski definition) is 2. The van der Waals surface area contributed by atoms with Crippen molar-refractivity contribution < 1.29 is 38.6 Å². The van der Waals surface area contributed by atoms with Crippen LogP contribution in [0.15, 0.2) is 0 Å². The van der Waals surface area contributed by atoms with Crippen molar-refractivity contribution in [2.24, 2.45) is 0 Å². The number of rotatable bonds is 0. The lowest BCUT2D eigenvalue weighted by Gasteiger charge is -2.18. The molecule has 0 aromatic carbocycles. The van der Waals surface area contributed by atoms with E-state index in [0.29, 0.717) is 13.2 Å². The van der Waals surface area contributed by atoms with Gasteiger partial charge in [-0.1, -0.05) is 0 Å². The molecule has 6 aliphatic rings. The van der Waals surface area contributed by atoms with Crippen LogP contribution in [0.4, 0.5) is 0 Å². The second-order valence-corrected chi connectivity index (χ2v) is 5.86. The van der Waals surface area contributed by atoms with Crippen molar-refractivity contribution in [3.8, 4) is 0 Å². The summed E-state index contributed by atoms with van der Waals surface area (Å²) in [6.07, 6.45) is -1.62. The number of ether oxygens (including phenoxy) is 6. The van der Waals surface area contributed by atoms with Gasteiger partial charge in [0.25, 0.3) is 0 Å². The maximum Gasteiger partial charge on any atom is 0.186 e. The third-order valence-corrected chi connectivity index (χ3v) is 4.55. The summed E-state index contributed by atoms with van der Waals surface area (Å²) in [7, 11) is 0. The van der Waals surface area contributed by atoms with Crippen molar-refractivity contribution in [1.29, 1.82) is 0 Å². The molecular weight excluding hydrogens is 272 g/mol. The quantitative estimate of drug-likeness (QED) is 0.482. The van der Waals surface area contributed by atoms with E-state index in [0.717, 1.165) is 0 Å². The molecule has 0 aromatic heterocycles. The van der Waals surface area contributed by atoms with Crippen LogP contribution in [0.3, 0.4) is 0 Å². The third kappa shape index (κ3) is 1.71. The molecule has 6 heterocycles. The third-order valence-electron chi connectivity index (χ3n) is 4.55. The Hall–Kier alpha value is -0.320. The highest BCUT2D eigenvalue weighted by atomic mass is 16.8. The molecule has 6 fully saturated rings. The smallest absolute Gasteiger partial charge is 0.186 e. The van der Waals surface area contributed by atoms with Crippen LogP contribution in [0.5, 0.6) is 0 Å². The fourth-order valence-electron chi connectivity index (χ4n) is 3.31. The number of fused-ring (bicyclic) bond motifs is 8. The Morgan fingerprint density at radius 1 is 0.600 bits per heavy atom. The number of epoxide rings is 2. The first-order valence-corrected chi connectivity index (χ1v) is 6.93. The zero-order valence-corrected chi connectivity index (χ0v) is 10.5. The average Bonchev–Trinajstić information content (AvgIpc) is 3.34. The van der Waals surface area contributed by atoms with Gasteiger partial charge in [0, 0.05) is 0 Å². The zero-order valence-electron chi connectivity index (χ0n) is 10.5. The minimum atomic E-state index is -0.566. The van der Waals surface area contributed by atoms with E-state index < -0.39 is 24.8 Å². The SMILES string of the molecule is O[C@H]1[C@@H]2OC[C@@H](O2)[C@@H]2O[C@H]12.O[C@H]1[C@@H]2OC[C@@H](O2)[C@@H]2O[C@H]12. The molecule has 0 aromatic rings. The van der Waals surface area contributed by atoms with Crippen molar-refractivity contribution in [2.45, 2.75) is 61.4 Å². The van der Waals surface area contributed by atoms with Crippen LogP contribution >= 0.6 is 0 Å². The zero-order chi connectivity index (χ0) is 13.4. The van der Waals surface area contributed by atoms with Crippen molar-refractivity contribution >= 4 is 0 Å². The molecule has 4 bridgehead atoms. The summed E-state index contributed by atoms with van der Waals surface area (Å²) in [6.45, 7) is 1.14. The van der Waals surface area contributed by atoms with Crippen molar-refractivity contribution in [1.82, 2.24) is 0 Å². The summed E-state index contributed by atoms with van der Waals surface area (Å²) >= 11 is 0.